The molecule has 2 heterocycles. The SMILES string of the molecule is B/C=C/c1cn([C@H]2CC(O)[C@@H](CO)O2)c(=O)[nH]c1=O. The van der Waals surface area contributed by atoms with Crippen molar-refractivity contribution in [2.75, 3.05) is 6.61 Å². The van der Waals surface area contributed by atoms with Gasteiger partial charge in [0, 0.05) is 12.6 Å². The first-order chi connectivity index (χ1) is 9.06. The molecule has 7 nitrogen and oxygen atoms in total. The Balaban J connectivity index is 2.38. The Bertz CT molecular complexity index is 593. The fourth-order valence-electron chi connectivity index (χ4n) is 2.06. The molecule has 1 aromatic heterocycles. The van der Waals surface area contributed by atoms with E-state index in [4.69, 9.17) is 9.84 Å². The monoisotopic (exact) mass is 266 g/mol. The summed E-state index contributed by atoms with van der Waals surface area (Å²) in [6.07, 6.45) is 0.905. The lowest BCUT2D eigenvalue weighted by Gasteiger charge is -2.14. The van der Waals surface area contributed by atoms with Crippen LogP contribution in [0.15, 0.2) is 21.8 Å². The third kappa shape index (κ3) is 2.70. The van der Waals surface area contributed by atoms with Crippen molar-refractivity contribution in [2.45, 2.75) is 24.9 Å². The molecule has 19 heavy (non-hydrogen) atoms. The van der Waals surface area contributed by atoms with E-state index in [9.17, 15) is 14.7 Å². The summed E-state index contributed by atoms with van der Waals surface area (Å²) in [4.78, 5) is 25.5. The zero-order valence-electron chi connectivity index (χ0n) is 10.4. The van der Waals surface area contributed by atoms with Gasteiger partial charge in [-0.3, -0.25) is 14.3 Å². The van der Waals surface area contributed by atoms with Crippen molar-refractivity contribution in [3.8, 4) is 0 Å². The summed E-state index contributed by atoms with van der Waals surface area (Å²) in [7, 11) is 1.76. The van der Waals surface area contributed by atoms with Gasteiger partial charge in [0.1, 0.15) is 20.2 Å². The number of aliphatic hydroxyl groups excluding tert-OH is 2. The average molecular weight is 266 g/mol. The molecule has 0 bridgehead atoms. The number of aliphatic hydroxyl groups is 2. The van der Waals surface area contributed by atoms with Crippen molar-refractivity contribution in [1.82, 2.24) is 9.55 Å². The Morgan fingerprint density at radius 3 is 2.89 bits per heavy atom. The molecule has 3 atom stereocenters. The van der Waals surface area contributed by atoms with Crippen molar-refractivity contribution in [1.29, 1.82) is 0 Å². The Labute approximate surface area is 109 Å². The van der Waals surface area contributed by atoms with Gasteiger partial charge in [0.15, 0.2) is 0 Å². The van der Waals surface area contributed by atoms with Crippen LogP contribution < -0.4 is 11.2 Å². The third-order valence-corrected chi connectivity index (χ3v) is 3.04. The van der Waals surface area contributed by atoms with Crippen LogP contribution in [0.1, 0.15) is 18.2 Å². The number of H-pyrrole nitrogens is 1. The van der Waals surface area contributed by atoms with E-state index >= 15 is 0 Å². The number of rotatable bonds is 3. The molecule has 1 aliphatic heterocycles. The number of aromatic nitrogens is 2. The second-order valence-corrected chi connectivity index (χ2v) is 4.37. The van der Waals surface area contributed by atoms with E-state index in [0.29, 0.717) is 5.56 Å². The van der Waals surface area contributed by atoms with Crippen molar-refractivity contribution in [2.24, 2.45) is 0 Å². The van der Waals surface area contributed by atoms with Crippen LogP contribution >= 0.6 is 0 Å². The van der Waals surface area contributed by atoms with E-state index in [0.717, 1.165) is 0 Å². The third-order valence-electron chi connectivity index (χ3n) is 3.04. The van der Waals surface area contributed by atoms with E-state index in [2.05, 4.69) is 4.98 Å². The van der Waals surface area contributed by atoms with Gasteiger partial charge in [0.2, 0.25) is 0 Å². The second-order valence-electron chi connectivity index (χ2n) is 4.37. The van der Waals surface area contributed by atoms with Gasteiger partial charge in [-0.15, -0.1) is 5.98 Å². The van der Waals surface area contributed by atoms with Crippen LogP contribution in [0, 0.1) is 0 Å². The normalized spacial score (nSPS) is 27.2. The number of hydrogen-bond donors (Lipinski definition) is 3. The number of nitrogens with zero attached hydrogens (tertiary/aromatic N) is 1. The molecule has 1 aliphatic rings. The van der Waals surface area contributed by atoms with Crippen molar-refractivity contribution in [3.05, 3.63) is 38.6 Å². The molecular formula is C11H15BN2O5. The summed E-state index contributed by atoms with van der Waals surface area (Å²) in [5.41, 5.74) is -0.752. The molecular weight excluding hydrogens is 251 g/mol. The zero-order valence-corrected chi connectivity index (χ0v) is 10.4. The van der Waals surface area contributed by atoms with Crippen LogP contribution in [0.3, 0.4) is 0 Å². The Kier molecular flexibility index (Phi) is 4.03. The minimum atomic E-state index is -0.834. The molecule has 0 saturated carbocycles. The van der Waals surface area contributed by atoms with Gasteiger partial charge in [-0.05, 0) is 0 Å². The smallest absolute Gasteiger partial charge is 0.330 e. The Morgan fingerprint density at radius 2 is 2.32 bits per heavy atom. The standard InChI is InChI=1S/C11H15BN2O5/c12-2-1-6-4-14(11(18)13-10(6)17)9-3-7(16)8(5-15)19-9/h1-2,4,7-9,15-16H,3,5,12H2,(H,13,17,18)/b2-1+/t7?,8-,9-/m1/s1. The lowest BCUT2D eigenvalue weighted by Crippen LogP contribution is -2.33. The summed E-state index contributed by atoms with van der Waals surface area (Å²) < 4.78 is 6.60. The minimum absolute atomic E-state index is 0.187. The van der Waals surface area contributed by atoms with Gasteiger partial charge in [-0.2, -0.15) is 0 Å². The fourth-order valence-corrected chi connectivity index (χ4v) is 2.06. The average Bonchev–Trinajstić information content (AvgIpc) is 2.74. The molecule has 0 aliphatic carbocycles. The molecule has 2 rings (SSSR count). The van der Waals surface area contributed by atoms with Gasteiger partial charge in [-0.25, -0.2) is 4.79 Å². The summed E-state index contributed by atoms with van der Waals surface area (Å²) in [5, 5.41) is 18.7. The van der Waals surface area contributed by atoms with Gasteiger partial charge >= 0.3 is 5.69 Å². The highest BCUT2D eigenvalue weighted by molar-refractivity contribution is 6.19. The largest absolute Gasteiger partial charge is 0.394 e. The molecule has 8 heteroatoms. The van der Waals surface area contributed by atoms with E-state index in [1.807, 2.05) is 0 Å². The molecule has 1 aromatic rings. The first kappa shape index (κ1) is 13.8. The van der Waals surface area contributed by atoms with E-state index < -0.39 is 29.7 Å². The topological polar surface area (TPSA) is 105 Å². The van der Waals surface area contributed by atoms with Crippen LogP contribution in [0.25, 0.3) is 6.08 Å². The number of nitrogens with one attached hydrogen (secondary N) is 1. The maximum atomic E-state index is 11.7. The van der Waals surface area contributed by atoms with E-state index in [1.165, 1.54) is 10.8 Å². The summed E-state index contributed by atoms with van der Waals surface area (Å²) in [5.74, 6) is 1.68. The predicted octanol–water partition coefficient (Wildman–Crippen LogP) is -2.22. The van der Waals surface area contributed by atoms with Gasteiger partial charge in [0.25, 0.3) is 5.56 Å². The number of hydrogen-bond acceptors (Lipinski definition) is 5. The maximum Gasteiger partial charge on any atom is 0.330 e. The second kappa shape index (κ2) is 5.56. The highest BCUT2D eigenvalue weighted by Gasteiger charge is 2.35. The zero-order chi connectivity index (χ0) is 14.0. The number of ether oxygens (including phenoxy) is 1. The van der Waals surface area contributed by atoms with Gasteiger partial charge < -0.3 is 14.9 Å². The number of aromatic amines is 1. The Hall–Kier alpha value is -1.64. The summed E-state index contributed by atoms with van der Waals surface area (Å²) in [6.45, 7) is -0.322. The van der Waals surface area contributed by atoms with E-state index in [1.54, 1.807) is 19.9 Å². The van der Waals surface area contributed by atoms with Crippen molar-refractivity contribution in [3.63, 3.8) is 0 Å². The molecule has 0 spiro atoms. The molecule has 1 saturated heterocycles. The highest BCUT2D eigenvalue weighted by atomic mass is 16.5. The molecule has 1 unspecified atom stereocenters. The van der Waals surface area contributed by atoms with Gasteiger partial charge in [-0.1, -0.05) is 6.08 Å². The molecule has 3 N–H and O–H groups in total. The highest BCUT2D eigenvalue weighted by Crippen LogP contribution is 2.27. The van der Waals surface area contributed by atoms with Gasteiger partial charge in [0.05, 0.1) is 18.3 Å². The minimum Gasteiger partial charge on any atom is -0.394 e. The van der Waals surface area contributed by atoms with Crippen LogP contribution in [-0.4, -0.2) is 46.4 Å². The molecule has 0 aromatic carbocycles. The summed E-state index contributed by atoms with van der Waals surface area (Å²) in [6, 6.07) is 0. The lowest BCUT2D eigenvalue weighted by atomic mass is 10.1. The van der Waals surface area contributed by atoms with Crippen LogP contribution in [-0.2, 0) is 4.74 Å². The molecule has 0 radical (unpaired) electrons. The first-order valence-corrected chi connectivity index (χ1v) is 5.99. The van der Waals surface area contributed by atoms with Crippen molar-refractivity contribution >= 4 is 13.9 Å². The molecule has 1 fully saturated rings. The predicted molar refractivity (Wildman–Crippen MR) is 70.5 cm³/mol. The van der Waals surface area contributed by atoms with Crippen LogP contribution in [0.4, 0.5) is 0 Å². The first-order valence-electron chi connectivity index (χ1n) is 5.99. The lowest BCUT2D eigenvalue weighted by molar-refractivity contribution is -0.0459. The fraction of sp³-hybridized carbons (Fsp3) is 0.455. The molecule has 102 valence electrons. The maximum absolute atomic E-state index is 11.7. The molecule has 0 amide bonds. The summed E-state index contributed by atoms with van der Waals surface area (Å²) >= 11 is 0. The Morgan fingerprint density at radius 1 is 1.58 bits per heavy atom. The van der Waals surface area contributed by atoms with Crippen LogP contribution in [0.5, 0.6) is 0 Å². The quantitative estimate of drug-likeness (QED) is 0.538. The van der Waals surface area contributed by atoms with Crippen molar-refractivity contribution < 1.29 is 14.9 Å². The van der Waals surface area contributed by atoms with E-state index in [-0.39, 0.29) is 13.0 Å². The van der Waals surface area contributed by atoms with Crippen LogP contribution in [0.2, 0.25) is 0 Å².